The Morgan fingerprint density at radius 3 is 2.89 bits per heavy atom. The molecule has 2 fully saturated rings. The van der Waals surface area contributed by atoms with Crippen molar-refractivity contribution in [1.29, 1.82) is 0 Å². The van der Waals surface area contributed by atoms with Crippen molar-refractivity contribution in [3.05, 3.63) is 24.0 Å². The van der Waals surface area contributed by atoms with Gasteiger partial charge >= 0.3 is 0 Å². The lowest BCUT2D eigenvalue weighted by atomic mass is 9.89. The van der Waals surface area contributed by atoms with Gasteiger partial charge in [-0.2, -0.15) is 0 Å². The molecule has 5 nitrogen and oxygen atoms in total. The summed E-state index contributed by atoms with van der Waals surface area (Å²) in [6.07, 6.45) is 3.48. The zero-order valence-electron chi connectivity index (χ0n) is 10.6. The number of hydrogen-bond acceptors (Lipinski definition) is 2. The van der Waals surface area contributed by atoms with E-state index in [-0.39, 0.29) is 17.9 Å². The molecule has 2 atom stereocenters. The molecule has 0 bridgehead atoms. The van der Waals surface area contributed by atoms with Gasteiger partial charge in [0.15, 0.2) is 5.54 Å². The van der Waals surface area contributed by atoms with Crippen molar-refractivity contribution < 1.29 is 9.59 Å². The summed E-state index contributed by atoms with van der Waals surface area (Å²) in [5.41, 5.74) is -0.129. The number of rotatable bonds is 1. The summed E-state index contributed by atoms with van der Waals surface area (Å²) in [5, 5.41) is 0. The van der Waals surface area contributed by atoms with Crippen LogP contribution in [0.25, 0.3) is 0 Å². The zero-order valence-corrected chi connectivity index (χ0v) is 10.6. The Bertz CT molecular complexity index is 496. The predicted molar refractivity (Wildman–Crippen MR) is 65.6 cm³/mol. The second kappa shape index (κ2) is 3.60. The third-order valence-electron chi connectivity index (χ3n) is 4.34. The number of carbonyl (C=O) groups excluding carboxylic acids is 2. The minimum Gasteiger partial charge on any atom is -0.363 e. The van der Waals surface area contributed by atoms with E-state index in [1.807, 2.05) is 19.1 Å². The number of amides is 2. The van der Waals surface area contributed by atoms with Gasteiger partial charge in [0.05, 0.1) is 5.69 Å². The first-order chi connectivity index (χ1) is 8.56. The van der Waals surface area contributed by atoms with Crippen molar-refractivity contribution in [3.8, 4) is 0 Å². The lowest BCUT2D eigenvalue weighted by Gasteiger charge is -2.46. The zero-order chi connectivity index (χ0) is 12.9. The second-order valence-corrected chi connectivity index (χ2v) is 5.21. The maximum Gasteiger partial charge on any atom is 0.255 e. The standard InChI is InChI=1S/C13H17N3O2/c1-13(10-6-3-7-14-10)12(18)16-8-4-5-9(16)11(17)15(13)2/h3,6-7,9,14H,4-5,8H2,1-2H3. The number of carbonyl (C=O) groups is 2. The summed E-state index contributed by atoms with van der Waals surface area (Å²) in [6.45, 7) is 2.51. The quantitative estimate of drug-likeness (QED) is 0.794. The molecule has 0 saturated carbocycles. The first-order valence-corrected chi connectivity index (χ1v) is 6.29. The van der Waals surface area contributed by atoms with Crippen molar-refractivity contribution in [2.45, 2.75) is 31.3 Å². The van der Waals surface area contributed by atoms with Crippen LogP contribution in [-0.2, 0) is 15.1 Å². The van der Waals surface area contributed by atoms with E-state index < -0.39 is 5.54 Å². The maximum atomic E-state index is 12.7. The Morgan fingerprint density at radius 2 is 2.22 bits per heavy atom. The Balaban J connectivity index is 2.09. The van der Waals surface area contributed by atoms with Gasteiger partial charge in [0.2, 0.25) is 5.91 Å². The molecular weight excluding hydrogens is 230 g/mol. The molecule has 2 unspecified atom stereocenters. The van der Waals surface area contributed by atoms with Crippen LogP contribution < -0.4 is 0 Å². The van der Waals surface area contributed by atoms with Crippen LogP contribution in [0.4, 0.5) is 0 Å². The Labute approximate surface area is 106 Å². The molecule has 2 aliphatic heterocycles. The maximum absolute atomic E-state index is 12.7. The number of aromatic amines is 1. The molecule has 2 aliphatic rings. The number of nitrogens with zero attached hydrogens (tertiary/aromatic N) is 2. The van der Waals surface area contributed by atoms with Crippen molar-refractivity contribution in [2.75, 3.05) is 13.6 Å². The van der Waals surface area contributed by atoms with Gasteiger partial charge in [0.1, 0.15) is 6.04 Å². The van der Waals surface area contributed by atoms with Gasteiger partial charge in [0.25, 0.3) is 5.91 Å². The molecule has 3 rings (SSSR count). The van der Waals surface area contributed by atoms with E-state index in [0.717, 1.165) is 18.5 Å². The lowest BCUT2D eigenvalue weighted by Crippen LogP contribution is -2.66. The first-order valence-electron chi connectivity index (χ1n) is 6.29. The summed E-state index contributed by atoms with van der Waals surface area (Å²) < 4.78 is 0. The van der Waals surface area contributed by atoms with Crippen LogP contribution in [0.3, 0.4) is 0 Å². The van der Waals surface area contributed by atoms with E-state index in [1.54, 1.807) is 23.0 Å². The van der Waals surface area contributed by atoms with Gasteiger partial charge in [-0.1, -0.05) is 0 Å². The number of hydrogen-bond donors (Lipinski definition) is 1. The smallest absolute Gasteiger partial charge is 0.255 e. The number of H-pyrrole nitrogens is 1. The molecule has 1 aromatic rings. The average Bonchev–Trinajstić information content (AvgIpc) is 3.03. The fourth-order valence-corrected chi connectivity index (χ4v) is 3.06. The molecule has 2 amide bonds. The van der Waals surface area contributed by atoms with Crippen molar-refractivity contribution in [1.82, 2.24) is 14.8 Å². The molecule has 3 heterocycles. The van der Waals surface area contributed by atoms with Crippen LogP contribution in [0, 0.1) is 0 Å². The molecule has 0 radical (unpaired) electrons. The van der Waals surface area contributed by atoms with Crippen LogP contribution in [-0.4, -0.2) is 46.2 Å². The first kappa shape index (κ1) is 11.3. The van der Waals surface area contributed by atoms with Gasteiger partial charge in [-0.15, -0.1) is 0 Å². The van der Waals surface area contributed by atoms with Crippen molar-refractivity contribution in [2.24, 2.45) is 0 Å². The van der Waals surface area contributed by atoms with E-state index in [4.69, 9.17) is 0 Å². The third kappa shape index (κ3) is 1.22. The normalized spacial score (nSPS) is 32.0. The molecule has 96 valence electrons. The summed E-state index contributed by atoms with van der Waals surface area (Å²) >= 11 is 0. The molecule has 5 heteroatoms. The van der Waals surface area contributed by atoms with Gasteiger partial charge in [-0.25, -0.2) is 0 Å². The van der Waals surface area contributed by atoms with Crippen LogP contribution in [0.5, 0.6) is 0 Å². The summed E-state index contributed by atoms with van der Waals surface area (Å²) in [6, 6.07) is 3.46. The monoisotopic (exact) mass is 247 g/mol. The SMILES string of the molecule is CN1C(=O)C2CCCN2C(=O)C1(C)c1ccc[nH]1. The van der Waals surface area contributed by atoms with E-state index in [2.05, 4.69) is 4.98 Å². The average molecular weight is 247 g/mol. The predicted octanol–water partition coefficient (Wildman–Crippen LogP) is 0.693. The van der Waals surface area contributed by atoms with Gasteiger partial charge in [0, 0.05) is 19.8 Å². The van der Waals surface area contributed by atoms with Crippen LogP contribution in [0.15, 0.2) is 18.3 Å². The second-order valence-electron chi connectivity index (χ2n) is 5.21. The van der Waals surface area contributed by atoms with Crippen molar-refractivity contribution >= 4 is 11.8 Å². The summed E-state index contributed by atoms with van der Waals surface area (Å²) in [4.78, 5) is 31.5. The van der Waals surface area contributed by atoms with Gasteiger partial charge < -0.3 is 14.8 Å². The molecule has 18 heavy (non-hydrogen) atoms. The summed E-state index contributed by atoms with van der Waals surface area (Å²) in [7, 11) is 1.72. The number of nitrogens with one attached hydrogen (secondary N) is 1. The number of piperazine rings is 1. The highest BCUT2D eigenvalue weighted by atomic mass is 16.2. The largest absolute Gasteiger partial charge is 0.363 e. The number of likely N-dealkylation sites (N-methyl/N-ethyl adjacent to an activating group) is 1. The molecular formula is C13H17N3O2. The Kier molecular flexibility index (Phi) is 2.27. The number of fused-ring (bicyclic) bond motifs is 1. The van der Waals surface area contributed by atoms with Crippen molar-refractivity contribution in [3.63, 3.8) is 0 Å². The fraction of sp³-hybridized carbons (Fsp3) is 0.538. The molecule has 2 saturated heterocycles. The molecule has 0 spiro atoms. The van der Waals surface area contributed by atoms with Gasteiger partial charge in [-0.3, -0.25) is 9.59 Å². The molecule has 1 N–H and O–H groups in total. The lowest BCUT2D eigenvalue weighted by molar-refractivity contribution is -0.166. The van der Waals surface area contributed by atoms with E-state index >= 15 is 0 Å². The molecule has 0 aliphatic carbocycles. The number of aromatic nitrogens is 1. The van der Waals surface area contributed by atoms with Crippen LogP contribution >= 0.6 is 0 Å². The third-order valence-corrected chi connectivity index (χ3v) is 4.34. The Hall–Kier alpha value is -1.78. The molecule has 0 aromatic carbocycles. The summed E-state index contributed by atoms with van der Waals surface area (Å²) in [5.74, 6) is 0.0683. The van der Waals surface area contributed by atoms with Crippen LogP contribution in [0.1, 0.15) is 25.5 Å². The highest BCUT2D eigenvalue weighted by Crippen LogP contribution is 2.37. The van der Waals surface area contributed by atoms with E-state index in [1.165, 1.54) is 0 Å². The fourth-order valence-electron chi connectivity index (χ4n) is 3.06. The van der Waals surface area contributed by atoms with E-state index in [0.29, 0.717) is 6.54 Å². The highest BCUT2D eigenvalue weighted by Gasteiger charge is 2.54. The van der Waals surface area contributed by atoms with E-state index in [9.17, 15) is 9.59 Å². The minimum atomic E-state index is -0.901. The van der Waals surface area contributed by atoms with Crippen LogP contribution in [0.2, 0.25) is 0 Å². The minimum absolute atomic E-state index is 0.0227. The topological polar surface area (TPSA) is 56.4 Å². The Morgan fingerprint density at radius 1 is 1.44 bits per heavy atom. The van der Waals surface area contributed by atoms with Gasteiger partial charge in [-0.05, 0) is 31.9 Å². The highest BCUT2D eigenvalue weighted by molar-refractivity contribution is 6.00. The molecule has 1 aromatic heterocycles.